The van der Waals surface area contributed by atoms with Crippen molar-refractivity contribution in [2.24, 2.45) is 0 Å². The van der Waals surface area contributed by atoms with Gasteiger partial charge < -0.3 is 14.7 Å². The zero-order valence-electron chi connectivity index (χ0n) is 19.8. The lowest BCUT2D eigenvalue weighted by atomic mass is 9.71. The third-order valence-corrected chi connectivity index (χ3v) is 6.71. The van der Waals surface area contributed by atoms with E-state index in [-0.39, 0.29) is 17.9 Å². The van der Waals surface area contributed by atoms with Gasteiger partial charge in [0.05, 0.1) is 18.2 Å². The van der Waals surface area contributed by atoms with Crippen LogP contribution in [0.1, 0.15) is 29.0 Å². The molecule has 35 heavy (non-hydrogen) atoms. The molecule has 182 valence electrons. The monoisotopic (exact) mass is 540 g/mol. The Labute approximate surface area is 212 Å². The molecule has 2 unspecified atom stereocenters. The van der Waals surface area contributed by atoms with E-state index in [4.69, 9.17) is 4.74 Å². The molecule has 1 heterocycles. The van der Waals surface area contributed by atoms with Crippen molar-refractivity contribution in [1.29, 1.82) is 0 Å². The minimum absolute atomic E-state index is 0.0666. The van der Waals surface area contributed by atoms with Crippen LogP contribution in [0.15, 0.2) is 77.3 Å². The lowest BCUT2D eigenvalue weighted by Crippen LogP contribution is -2.39. The Morgan fingerprint density at radius 2 is 1.69 bits per heavy atom. The number of aromatic nitrogens is 1. The number of hydrogen-bond acceptors (Lipinski definition) is 4. The fraction of sp³-hybridized carbons (Fsp3) is 0.250. The molecule has 3 aromatic carbocycles. The van der Waals surface area contributed by atoms with Crippen LogP contribution in [0.5, 0.6) is 5.88 Å². The van der Waals surface area contributed by atoms with Crippen LogP contribution < -0.4 is 4.74 Å². The van der Waals surface area contributed by atoms with Gasteiger partial charge in [-0.3, -0.25) is 0 Å². The van der Waals surface area contributed by atoms with Crippen molar-refractivity contribution in [3.63, 3.8) is 0 Å². The van der Waals surface area contributed by atoms with E-state index in [0.29, 0.717) is 23.2 Å². The zero-order chi connectivity index (χ0) is 25.2. The summed E-state index contributed by atoms with van der Waals surface area (Å²) >= 11 is 3.50. The van der Waals surface area contributed by atoms with Gasteiger partial charge in [0.25, 0.3) is 0 Å². The Bertz CT molecular complexity index is 1310. The summed E-state index contributed by atoms with van der Waals surface area (Å²) in [4.78, 5) is 6.55. The van der Waals surface area contributed by atoms with Gasteiger partial charge in [-0.05, 0) is 62.5 Å². The van der Waals surface area contributed by atoms with Crippen molar-refractivity contribution < 1.29 is 18.6 Å². The average molecular weight is 541 g/mol. The van der Waals surface area contributed by atoms with Crippen molar-refractivity contribution >= 4 is 26.8 Å². The van der Waals surface area contributed by atoms with E-state index in [1.54, 1.807) is 0 Å². The lowest BCUT2D eigenvalue weighted by molar-refractivity contribution is -0.00270. The molecule has 0 aliphatic carbocycles. The minimum atomic E-state index is -1.95. The summed E-state index contributed by atoms with van der Waals surface area (Å²) in [5.41, 5.74) is -0.393. The number of pyridine rings is 1. The van der Waals surface area contributed by atoms with Gasteiger partial charge in [-0.25, -0.2) is 13.8 Å². The number of nitrogens with zero attached hydrogens (tertiary/aromatic N) is 2. The summed E-state index contributed by atoms with van der Waals surface area (Å²) in [6.45, 7) is 0.391. The SMILES string of the molecule is COc1nc2ccc(Br)cc2cc1C(c1ccccc1)C(O)(CCN(C)C)c1c(F)cccc1F. The van der Waals surface area contributed by atoms with E-state index < -0.39 is 23.2 Å². The third-order valence-electron chi connectivity index (χ3n) is 6.22. The summed E-state index contributed by atoms with van der Waals surface area (Å²) in [7, 11) is 5.21. The maximum absolute atomic E-state index is 15.3. The first kappa shape index (κ1) is 25.2. The first-order valence-corrected chi connectivity index (χ1v) is 12.0. The van der Waals surface area contributed by atoms with Crippen LogP contribution in [-0.4, -0.2) is 42.7 Å². The Kier molecular flexibility index (Phi) is 7.50. The first-order valence-electron chi connectivity index (χ1n) is 11.3. The van der Waals surface area contributed by atoms with Crippen LogP contribution in [0.2, 0.25) is 0 Å². The van der Waals surface area contributed by atoms with Crippen LogP contribution in [0.25, 0.3) is 10.9 Å². The molecule has 4 nitrogen and oxygen atoms in total. The van der Waals surface area contributed by atoms with E-state index in [9.17, 15) is 5.11 Å². The molecular weight excluding hydrogens is 514 g/mol. The molecular formula is C28H27BrF2N2O2. The molecule has 0 amide bonds. The van der Waals surface area contributed by atoms with Crippen LogP contribution in [0.4, 0.5) is 8.78 Å². The molecule has 2 atom stereocenters. The van der Waals surface area contributed by atoms with Crippen LogP contribution in [0.3, 0.4) is 0 Å². The molecule has 0 radical (unpaired) electrons. The standard InChI is InChI=1S/C28H27BrF2N2O2/c1-33(2)15-14-28(34,26-22(30)10-7-11-23(26)31)25(18-8-5-4-6-9-18)21-17-19-16-20(29)12-13-24(19)32-27(21)35-3/h4-13,16-17,25,34H,14-15H2,1-3H3. The van der Waals surface area contributed by atoms with Crippen molar-refractivity contribution in [3.8, 4) is 5.88 Å². The van der Waals surface area contributed by atoms with Crippen LogP contribution >= 0.6 is 15.9 Å². The van der Waals surface area contributed by atoms with Crippen molar-refractivity contribution in [3.05, 3.63) is 106 Å². The Morgan fingerprint density at radius 1 is 1.00 bits per heavy atom. The van der Waals surface area contributed by atoms with E-state index >= 15 is 8.78 Å². The number of methoxy groups -OCH3 is 1. The van der Waals surface area contributed by atoms with E-state index in [1.807, 2.05) is 73.6 Å². The third kappa shape index (κ3) is 5.08. The van der Waals surface area contributed by atoms with Gasteiger partial charge >= 0.3 is 0 Å². The van der Waals surface area contributed by atoms with Gasteiger partial charge in [0.15, 0.2) is 0 Å². The van der Waals surface area contributed by atoms with Gasteiger partial charge in [0.2, 0.25) is 5.88 Å². The second-order valence-electron chi connectivity index (χ2n) is 8.84. The van der Waals surface area contributed by atoms with Crippen LogP contribution in [0, 0.1) is 11.6 Å². The highest BCUT2D eigenvalue weighted by Crippen LogP contribution is 2.48. The number of ether oxygens (including phenoxy) is 1. The second kappa shape index (κ2) is 10.4. The summed E-state index contributed by atoms with van der Waals surface area (Å²) < 4.78 is 37.1. The summed E-state index contributed by atoms with van der Waals surface area (Å²) in [5.74, 6) is -2.19. The molecule has 0 saturated carbocycles. The summed E-state index contributed by atoms with van der Waals surface area (Å²) in [5, 5.41) is 13.2. The van der Waals surface area contributed by atoms with Crippen LogP contribution in [-0.2, 0) is 5.60 Å². The Hall–Kier alpha value is -2.87. The maximum Gasteiger partial charge on any atom is 0.217 e. The fourth-order valence-corrected chi connectivity index (χ4v) is 4.97. The predicted molar refractivity (Wildman–Crippen MR) is 138 cm³/mol. The first-order chi connectivity index (χ1) is 16.7. The second-order valence-corrected chi connectivity index (χ2v) is 9.76. The minimum Gasteiger partial charge on any atom is -0.481 e. The number of benzene rings is 3. The number of hydrogen-bond donors (Lipinski definition) is 1. The molecule has 0 saturated heterocycles. The molecule has 0 aliphatic rings. The molecule has 0 bridgehead atoms. The zero-order valence-corrected chi connectivity index (χ0v) is 21.4. The van der Waals surface area contributed by atoms with E-state index in [2.05, 4.69) is 20.9 Å². The van der Waals surface area contributed by atoms with Crippen molar-refractivity contribution in [2.75, 3.05) is 27.7 Å². The molecule has 1 N–H and O–H groups in total. The molecule has 7 heteroatoms. The smallest absolute Gasteiger partial charge is 0.217 e. The average Bonchev–Trinajstić information content (AvgIpc) is 2.83. The Balaban J connectivity index is 2.07. The summed E-state index contributed by atoms with van der Waals surface area (Å²) in [6.07, 6.45) is 0.0666. The molecule has 0 fully saturated rings. The highest BCUT2D eigenvalue weighted by molar-refractivity contribution is 9.10. The Morgan fingerprint density at radius 3 is 2.31 bits per heavy atom. The number of rotatable bonds is 8. The predicted octanol–water partition coefficient (Wildman–Crippen LogP) is 6.26. The lowest BCUT2D eigenvalue weighted by Gasteiger charge is -2.39. The van der Waals surface area contributed by atoms with Gasteiger partial charge in [0.1, 0.15) is 17.2 Å². The molecule has 1 aromatic heterocycles. The van der Waals surface area contributed by atoms with E-state index in [0.717, 1.165) is 9.86 Å². The fourth-order valence-electron chi connectivity index (χ4n) is 4.59. The number of fused-ring (bicyclic) bond motifs is 1. The van der Waals surface area contributed by atoms with Gasteiger partial charge in [-0.1, -0.05) is 52.3 Å². The van der Waals surface area contributed by atoms with Crippen molar-refractivity contribution in [2.45, 2.75) is 17.9 Å². The largest absolute Gasteiger partial charge is 0.481 e. The molecule has 0 spiro atoms. The van der Waals surface area contributed by atoms with Gasteiger partial charge in [-0.2, -0.15) is 0 Å². The van der Waals surface area contributed by atoms with E-state index in [1.165, 1.54) is 25.3 Å². The summed E-state index contributed by atoms with van der Waals surface area (Å²) in [6, 6.07) is 20.4. The highest BCUT2D eigenvalue weighted by atomic mass is 79.9. The topological polar surface area (TPSA) is 45.6 Å². The number of aliphatic hydroxyl groups is 1. The van der Waals surface area contributed by atoms with Gasteiger partial charge in [0, 0.05) is 27.9 Å². The van der Waals surface area contributed by atoms with Crippen molar-refractivity contribution in [1.82, 2.24) is 9.88 Å². The quantitative estimate of drug-likeness (QED) is 0.286. The number of halogens is 3. The molecule has 4 aromatic rings. The molecule has 4 rings (SSSR count). The normalized spacial score (nSPS) is 14.2. The molecule has 0 aliphatic heterocycles. The maximum atomic E-state index is 15.3. The highest BCUT2D eigenvalue weighted by Gasteiger charge is 2.45. The van der Waals surface area contributed by atoms with Gasteiger partial charge in [-0.15, -0.1) is 0 Å².